The fraction of sp³-hybridized carbons (Fsp3) is 0.360. The van der Waals surface area contributed by atoms with Gasteiger partial charge in [0.1, 0.15) is 11.6 Å². The number of methoxy groups -OCH3 is 1. The van der Waals surface area contributed by atoms with Gasteiger partial charge in [0.25, 0.3) is 0 Å². The van der Waals surface area contributed by atoms with E-state index in [1.165, 1.54) is 0 Å². The number of hydrogen-bond acceptors (Lipinski definition) is 6. The summed E-state index contributed by atoms with van der Waals surface area (Å²) in [6, 6.07) is 13.8. The number of anilines is 2. The second kappa shape index (κ2) is 10.2. The lowest BCUT2D eigenvalue weighted by molar-refractivity contribution is -0.132. The van der Waals surface area contributed by atoms with E-state index in [1.54, 1.807) is 13.3 Å². The van der Waals surface area contributed by atoms with Gasteiger partial charge in [0.05, 0.1) is 12.8 Å². The first-order valence-electron chi connectivity index (χ1n) is 11.0. The molecule has 1 saturated heterocycles. The monoisotopic (exact) mass is 431 g/mol. The lowest BCUT2D eigenvalue weighted by atomic mass is 9.94. The van der Waals surface area contributed by atoms with Crippen LogP contribution in [0.3, 0.4) is 0 Å². The number of benzene rings is 1. The number of nitrogens with one attached hydrogen (secondary N) is 1. The molecule has 0 bridgehead atoms. The van der Waals surface area contributed by atoms with Crippen molar-refractivity contribution < 1.29 is 9.53 Å². The van der Waals surface area contributed by atoms with E-state index in [2.05, 4.69) is 15.3 Å². The SMILES string of the molecule is COc1ccc(CCC(=O)N2CCC[C@H](c3ccnc(Nc4ccc(C)cn4)n3)C2)cc1. The number of amides is 1. The third-order valence-electron chi connectivity index (χ3n) is 5.81. The summed E-state index contributed by atoms with van der Waals surface area (Å²) in [6.45, 7) is 3.50. The summed E-state index contributed by atoms with van der Waals surface area (Å²) in [5.74, 6) is 2.48. The molecule has 1 aliphatic rings. The molecule has 2 aromatic heterocycles. The molecule has 0 unspecified atom stereocenters. The third-order valence-corrected chi connectivity index (χ3v) is 5.81. The topological polar surface area (TPSA) is 80.2 Å². The maximum absolute atomic E-state index is 12.9. The quantitative estimate of drug-likeness (QED) is 0.602. The summed E-state index contributed by atoms with van der Waals surface area (Å²) in [7, 11) is 1.65. The van der Waals surface area contributed by atoms with Gasteiger partial charge in [0.2, 0.25) is 11.9 Å². The highest BCUT2D eigenvalue weighted by Gasteiger charge is 2.25. The summed E-state index contributed by atoms with van der Waals surface area (Å²) in [5, 5.41) is 3.17. The van der Waals surface area contributed by atoms with Crippen molar-refractivity contribution in [2.45, 2.75) is 38.5 Å². The van der Waals surface area contributed by atoms with Gasteiger partial charge in [-0.2, -0.15) is 0 Å². The molecule has 0 spiro atoms. The minimum atomic E-state index is 0.196. The Morgan fingerprint density at radius 1 is 1.16 bits per heavy atom. The number of carbonyl (C=O) groups excluding carboxylic acids is 1. The van der Waals surface area contributed by atoms with Crippen molar-refractivity contribution in [3.63, 3.8) is 0 Å². The fourth-order valence-corrected chi connectivity index (χ4v) is 3.96. The second-order valence-electron chi connectivity index (χ2n) is 8.18. The van der Waals surface area contributed by atoms with Gasteiger partial charge in [-0.1, -0.05) is 18.2 Å². The summed E-state index contributed by atoms with van der Waals surface area (Å²) >= 11 is 0. The molecule has 1 aliphatic heterocycles. The van der Waals surface area contributed by atoms with Gasteiger partial charge in [-0.25, -0.2) is 15.0 Å². The Hall–Kier alpha value is -3.48. The van der Waals surface area contributed by atoms with Gasteiger partial charge in [0.15, 0.2) is 0 Å². The number of carbonyl (C=O) groups is 1. The van der Waals surface area contributed by atoms with E-state index in [0.717, 1.165) is 48.4 Å². The highest BCUT2D eigenvalue weighted by Crippen LogP contribution is 2.27. The second-order valence-corrected chi connectivity index (χ2v) is 8.18. The summed E-state index contributed by atoms with van der Waals surface area (Å²) in [4.78, 5) is 28.2. The number of aryl methyl sites for hydroxylation is 2. The predicted molar refractivity (Wildman–Crippen MR) is 124 cm³/mol. The molecule has 0 radical (unpaired) electrons. The number of hydrogen-bond donors (Lipinski definition) is 1. The molecule has 1 N–H and O–H groups in total. The number of piperidine rings is 1. The van der Waals surface area contributed by atoms with Crippen LogP contribution in [0.2, 0.25) is 0 Å². The lowest BCUT2D eigenvalue weighted by Crippen LogP contribution is -2.39. The van der Waals surface area contributed by atoms with Crippen LogP contribution in [0.25, 0.3) is 0 Å². The number of pyridine rings is 1. The van der Waals surface area contributed by atoms with E-state index in [4.69, 9.17) is 9.72 Å². The Labute approximate surface area is 188 Å². The first kappa shape index (κ1) is 21.7. The Kier molecular flexibility index (Phi) is 6.94. The molecule has 7 heteroatoms. The normalized spacial score (nSPS) is 15.9. The number of likely N-dealkylation sites (tertiary alicyclic amines) is 1. The molecule has 0 aliphatic carbocycles. The number of ether oxygens (including phenoxy) is 1. The maximum atomic E-state index is 12.9. The highest BCUT2D eigenvalue weighted by atomic mass is 16.5. The van der Waals surface area contributed by atoms with Crippen LogP contribution in [0.5, 0.6) is 5.75 Å². The molecule has 1 atom stereocenters. The van der Waals surface area contributed by atoms with Gasteiger partial charge in [-0.3, -0.25) is 4.79 Å². The zero-order valence-corrected chi connectivity index (χ0v) is 18.6. The Balaban J connectivity index is 1.35. The van der Waals surface area contributed by atoms with Gasteiger partial charge < -0.3 is 15.0 Å². The van der Waals surface area contributed by atoms with Crippen molar-refractivity contribution >= 4 is 17.7 Å². The van der Waals surface area contributed by atoms with Gasteiger partial charge in [-0.15, -0.1) is 0 Å². The molecule has 1 amide bonds. The number of rotatable bonds is 7. The average Bonchev–Trinajstić information content (AvgIpc) is 2.84. The minimum absolute atomic E-state index is 0.196. The van der Waals surface area contributed by atoms with E-state index in [0.29, 0.717) is 24.7 Å². The van der Waals surface area contributed by atoms with E-state index in [1.807, 2.05) is 60.5 Å². The van der Waals surface area contributed by atoms with E-state index in [-0.39, 0.29) is 11.8 Å². The summed E-state index contributed by atoms with van der Waals surface area (Å²) < 4.78 is 5.20. The molecule has 1 fully saturated rings. The van der Waals surface area contributed by atoms with Gasteiger partial charge in [0, 0.05) is 37.8 Å². The van der Waals surface area contributed by atoms with Crippen molar-refractivity contribution in [1.82, 2.24) is 19.9 Å². The largest absolute Gasteiger partial charge is 0.497 e. The van der Waals surface area contributed by atoms with Gasteiger partial charge >= 0.3 is 0 Å². The first-order chi connectivity index (χ1) is 15.6. The maximum Gasteiger partial charge on any atom is 0.228 e. The van der Waals surface area contributed by atoms with Crippen LogP contribution < -0.4 is 10.1 Å². The lowest BCUT2D eigenvalue weighted by Gasteiger charge is -2.32. The number of aromatic nitrogens is 3. The van der Waals surface area contributed by atoms with Crippen LogP contribution >= 0.6 is 0 Å². The smallest absolute Gasteiger partial charge is 0.228 e. The Bertz CT molecular complexity index is 1040. The summed E-state index contributed by atoms with van der Waals surface area (Å²) in [6.07, 6.45) is 6.81. The van der Waals surface area contributed by atoms with Crippen LogP contribution in [0.15, 0.2) is 54.9 Å². The molecule has 7 nitrogen and oxygen atoms in total. The molecule has 32 heavy (non-hydrogen) atoms. The predicted octanol–water partition coefficient (Wildman–Crippen LogP) is 4.27. The first-order valence-corrected chi connectivity index (χ1v) is 11.0. The van der Waals surface area contributed by atoms with E-state index >= 15 is 0 Å². The van der Waals surface area contributed by atoms with Crippen LogP contribution in [0.1, 0.15) is 42.0 Å². The number of nitrogens with zero attached hydrogens (tertiary/aromatic N) is 4. The molecule has 166 valence electrons. The Morgan fingerprint density at radius 3 is 2.75 bits per heavy atom. The van der Waals surface area contributed by atoms with Crippen LogP contribution in [-0.2, 0) is 11.2 Å². The Morgan fingerprint density at radius 2 is 2.00 bits per heavy atom. The molecule has 3 heterocycles. The molecular formula is C25H29N5O2. The van der Waals surface area contributed by atoms with Gasteiger partial charge in [-0.05, 0) is 61.6 Å². The zero-order chi connectivity index (χ0) is 22.3. The van der Waals surface area contributed by atoms with Crippen molar-refractivity contribution in [1.29, 1.82) is 0 Å². The molecular weight excluding hydrogens is 402 g/mol. The van der Waals surface area contributed by atoms with Crippen LogP contribution in [0, 0.1) is 6.92 Å². The molecule has 3 aromatic rings. The third kappa shape index (κ3) is 5.60. The molecule has 4 rings (SSSR count). The van der Waals surface area contributed by atoms with Crippen molar-refractivity contribution in [2.24, 2.45) is 0 Å². The average molecular weight is 432 g/mol. The van der Waals surface area contributed by atoms with Crippen molar-refractivity contribution in [3.05, 3.63) is 71.7 Å². The van der Waals surface area contributed by atoms with Crippen molar-refractivity contribution in [2.75, 3.05) is 25.5 Å². The molecule has 1 aromatic carbocycles. The summed E-state index contributed by atoms with van der Waals surface area (Å²) in [5.41, 5.74) is 3.20. The minimum Gasteiger partial charge on any atom is -0.497 e. The van der Waals surface area contributed by atoms with E-state index < -0.39 is 0 Å². The standard InChI is InChI=1S/C25H29N5O2/c1-18-5-11-23(27-16-18)29-25-26-14-13-22(28-25)20-4-3-15-30(17-20)24(31)12-8-19-6-9-21(32-2)10-7-19/h5-7,9-11,13-14,16,20H,3-4,8,12,15,17H2,1-2H3,(H,26,27,28,29)/t20-/m0/s1. The zero-order valence-electron chi connectivity index (χ0n) is 18.6. The fourth-order valence-electron chi connectivity index (χ4n) is 3.96. The van der Waals surface area contributed by atoms with E-state index in [9.17, 15) is 4.79 Å². The molecule has 0 saturated carbocycles. The van der Waals surface area contributed by atoms with Crippen molar-refractivity contribution in [3.8, 4) is 5.75 Å². The highest BCUT2D eigenvalue weighted by molar-refractivity contribution is 5.76. The van der Waals surface area contributed by atoms with Crippen LogP contribution in [0.4, 0.5) is 11.8 Å². The van der Waals surface area contributed by atoms with Crippen LogP contribution in [-0.4, -0.2) is 46.0 Å².